The number of urea groups is 1. The molecule has 4 N–H and O–H groups in total. The number of hydrogen-bond donors (Lipinski definition) is 3. The summed E-state index contributed by atoms with van der Waals surface area (Å²) < 4.78 is 0. The van der Waals surface area contributed by atoms with Crippen LogP contribution in [0.3, 0.4) is 0 Å². The van der Waals surface area contributed by atoms with Crippen molar-refractivity contribution in [2.75, 3.05) is 18.0 Å². The van der Waals surface area contributed by atoms with Gasteiger partial charge in [-0.25, -0.2) is 14.8 Å². The Morgan fingerprint density at radius 1 is 1.29 bits per heavy atom. The van der Waals surface area contributed by atoms with Crippen molar-refractivity contribution in [3.63, 3.8) is 0 Å². The summed E-state index contributed by atoms with van der Waals surface area (Å²) >= 11 is 0. The molecular formula is C13H16N6O2. The highest BCUT2D eigenvalue weighted by Gasteiger charge is 2.23. The van der Waals surface area contributed by atoms with Crippen LogP contribution in [0.1, 0.15) is 18.5 Å². The third-order valence-electron chi connectivity index (χ3n) is 3.50. The van der Waals surface area contributed by atoms with Gasteiger partial charge in [-0.15, -0.1) is 0 Å². The smallest absolute Gasteiger partial charge is 0.326 e. The Morgan fingerprint density at radius 2 is 2.05 bits per heavy atom. The number of carbonyl (C=O) groups excluding carboxylic acids is 2. The van der Waals surface area contributed by atoms with Gasteiger partial charge in [-0.05, 0) is 25.0 Å². The minimum atomic E-state index is -0.523. The zero-order chi connectivity index (χ0) is 14.8. The highest BCUT2D eigenvalue weighted by atomic mass is 16.2. The first-order chi connectivity index (χ1) is 10.1. The molecule has 0 atom stereocenters. The molecule has 2 saturated heterocycles. The molecular weight excluding hydrogens is 272 g/mol. The molecule has 0 aromatic carbocycles. The second-order valence-corrected chi connectivity index (χ2v) is 5.07. The molecule has 0 aliphatic carbocycles. The Kier molecular flexibility index (Phi) is 3.53. The van der Waals surface area contributed by atoms with E-state index >= 15 is 0 Å². The third kappa shape index (κ3) is 3.00. The van der Waals surface area contributed by atoms with Gasteiger partial charge in [0.2, 0.25) is 5.95 Å². The van der Waals surface area contributed by atoms with Crippen molar-refractivity contribution >= 4 is 24.0 Å². The van der Waals surface area contributed by atoms with Crippen molar-refractivity contribution in [1.82, 2.24) is 20.6 Å². The molecule has 3 heterocycles. The van der Waals surface area contributed by atoms with Gasteiger partial charge in [0.15, 0.2) is 0 Å². The van der Waals surface area contributed by atoms with Crippen LogP contribution >= 0.6 is 0 Å². The number of hydrogen-bond acceptors (Lipinski definition) is 6. The molecule has 2 aliphatic rings. The van der Waals surface area contributed by atoms with E-state index in [1.165, 1.54) is 6.08 Å². The quantitative estimate of drug-likeness (QED) is 0.503. The van der Waals surface area contributed by atoms with Gasteiger partial charge >= 0.3 is 6.03 Å². The number of nitrogens with zero attached hydrogens (tertiary/aromatic N) is 3. The van der Waals surface area contributed by atoms with Crippen molar-refractivity contribution in [1.29, 1.82) is 0 Å². The minimum absolute atomic E-state index is 0.185. The van der Waals surface area contributed by atoms with E-state index in [0.29, 0.717) is 11.6 Å². The Balaban J connectivity index is 1.79. The zero-order valence-electron chi connectivity index (χ0n) is 11.4. The van der Waals surface area contributed by atoms with Gasteiger partial charge in [-0.2, -0.15) is 0 Å². The number of nitrogens with one attached hydrogen (secondary N) is 2. The van der Waals surface area contributed by atoms with Crippen molar-refractivity contribution in [2.45, 2.75) is 18.9 Å². The van der Waals surface area contributed by atoms with E-state index in [2.05, 4.69) is 25.5 Å². The van der Waals surface area contributed by atoms with Crippen LogP contribution in [0.25, 0.3) is 6.08 Å². The molecule has 1 aromatic rings. The fourth-order valence-electron chi connectivity index (χ4n) is 2.32. The van der Waals surface area contributed by atoms with Crippen molar-refractivity contribution in [3.8, 4) is 0 Å². The molecule has 8 heteroatoms. The number of rotatable bonds is 2. The number of aromatic nitrogens is 2. The first kappa shape index (κ1) is 13.5. The molecule has 0 saturated carbocycles. The molecule has 3 rings (SSSR count). The molecule has 3 amide bonds. The lowest BCUT2D eigenvalue weighted by atomic mass is 10.1. The average Bonchev–Trinajstić information content (AvgIpc) is 2.78. The maximum atomic E-state index is 11.5. The van der Waals surface area contributed by atoms with E-state index < -0.39 is 11.9 Å². The predicted octanol–water partition coefficient (Wildman–Crippen LogP) is -0.416. The van der Waals surface area contributed by atoms with Crippen LogP contribution in [0.15, 0.2) is 18.0 Å². The summed E-state index contributed by atoms with van der Waals surface area (Å²) in [6, 6.07) is 1.40. The van der Waals surface area contributed by atoms with Crippen LogP contribution in [0.2, 0.25) is 0 Å². The summed E-state index contributed by atoms with van der Waals surface area (Å²) in [5.41, 5.74) is 6.64. The molecule has 2 fully saturated rings. The summed E-state index contributed by atoms with van der Waals surface area (Å²) in [6.45, 7) is 1.64. The zero-order valence-corrected chi connectivity index (χ0v) is 11.4. The maximum absolute atomic E-state index is 11.5. The van der Waals surface area contributed by atoms with Crippen LogP contribution in [-0.4, -0.2) is 41.0 Å². The number of amides is 3. The predicted molar refractivity (Wildman–Crippen MR) is 76.1 cm³/mol. The third-order valence-corrected chi connectivity index (χ3v) is 3.50. The van der Waals surface area contributed by atoms with Crippen LogP contribution in [0.4, 0.5) is 10.7 Å². The second-order valence-electron chi connectivity index (χ2n) is 5.07. The molecule has 2 aliphatic heterocycles. The Hall–Kier alpha value is -2.48. The van der Waals surface area contributed by atoms with Gasteiger partial charge in [0, 0.05) is 25.3 Å². The van der Waals surface area contributed by atoms with Crippen molar-refractivity contribution in [3.05, 3.63) is 23.7 Å². The largest absolute Gasteiger partial charge is 0.341 e. The highest BCUT2D eigenvalue weighted by molar-refractivity contribution is 6.13. The van der Waals surface area contributed by atoms with Crippen LogP contribution < -0.4 is 21.3 Å². The molecule has 0 unspecified atom stereocenters. The Labute approximate surface area is 121 Å². The fraction of sp³-hybridized carbons (Fsp3) is 0.385. The minimum Gasteiger partial charge on any atom is -0.341 e. The van der Waals surface area contributed by atoms with E-state index in [1.807, 2.05) is 0 Å². The second kappa shape index (κ2) is 5.49. The Morgan fingerprint density at radius 3 is 2.71 bits per heavy atom. The van der Waals surface area contributed by atoms with E-state index in [0.717, 1.165) is 25.9 Å². The van der Waals surface area contributed by atoms with Gasteiger partial charge in [-0.1, -0.05) is 0 Å². The average molecular weight is 288 g/mol. The van der Waals surface area contributed by atoms with Crippen LogP contribution in [0, 0.1) is 0 Å². The van der Waals surface area contributed by atoms with E-state index in [9.17, 15) is 9.59 Å². The normalized spacial score (nSPS) is 21.6. The Bertz CT molecular complexity index is 606. The molecule has 110 valence electrons. The molecule has 21 heavy (non-hydrogen) atoms. The number of carbonyl (C=O) groups is 2. The van der Waals surface area contributed by atoms with Gasteiger partial charge in [-0.3, -0.25) is 10.1 Å². The summed E-state index contributed by atoms with van der Waals surface area (Å²) in [5, 5.41) is 4.57. The molecule has 0 radical (unpaired) electrons. The van der Waals surface area contributed by atoms with E-state index in [4.69, 9.17) is 5.73 Å². The summed E-state index contributed by atoms with van der Waals surface area (Å²) in [6.07, 6.45) is 4.99. The molecule has 0 bridgehead atoms. The van der Waals surface area contributed by atoms with Gasteiger partial charge in [0.1, 0.15) is 5.70 Å². The van der Waals surface area contributed by atoms with Crippen LogP contribution in [-0.2, 0) is 4.79 Å². The van der Waals surface area contributed by atoms with Crippen molar-refractivity contribution < 1.29 is 9.59 Å². The number of imide groups is 1. The first-order valence-electron chi connectivity index (χ1n) is 6.79. The first-order valence-corrected chi connectivity index (χ1v) is 6.79. The maximum Gasteiger partial charge on any atom is 0.326 e. The van der Waals surface area contributed by atoms with Gasteiger partial charge in [0.25, 0.3) is 5.91 Å². The topological polar surface area (TPSA) is 113 Å². The molecule has 8 nitrogen and oxygen atoms in total. The lowest BCUT2D eigenvalue weighted by Gasteiger charge is -2.30. The lowest BCUT2D eigenvalue weighted by Crippen LogP contribution is -2.40. The standard InChI is InChI=1S/C13H16N6O2/c14-8-2-5-19(6-3-8)12-15-4-1-9(16-12)7-10-11(20)18-13(21)17-10/h1,4,7-8H,2-3,5-6,14H2,(H2,17,18,20,21)/b10-7+. The number of anilines is 1. The summed E-state index contributed by atoms with van der Waals surface area (Å²) in [7, 11) is 0. The van der Waals surface area contributed by atoms with E-state index in [-0.39, 0.29) is 11.7 Å². The van der Waals surface area contributed by atoms with Gasteiger partial charge < -0.3 is 16.0 Å². The van der Waals surface area contributed by atoms with Gasteiger partial charge in [0.05, 0.1) is 5.69 Å². The van der Waals surface area contributed by atoms with Crippen molar-refractivity contribution in [2.24, 2.45) is 5.73 Å². The molecule has 1 aromatic heterocycles. The summed E-state index contributed by atoms with van der Waals surface area (Å²) in [4.78, 5) is 33.3. The highest BCUT2D eigenvalue weighted by Crippen LogP contribution is 2.16. The van der Waals surface area contributed by atoms with Crippen LogP contribution in [0.5, 0.6) is 0 Å². The number of piperidine rings is 1. The molecule has 0 spiro atoms. The fourth-order valence-corrected chi connectivity index (χ4v) is 2.32. The van der Waals surface area contributed by atoms with E-state index in [1.54, 1.807) is 12.3 Å². The number of nitrogens with two attached hydrogens (primary N) is 1. The summed E-state index contributed by atoms with van der Waals surface area (Å²) in [5.74, 6) is 0.157. The lowest BCUT2D eigenvalue weighted by molar-refractivity contribution is -0.115. The SMILES string of the molecule is NC1CCN(c2nccc(/C=C3/NC(=O)NC3=O)n2)CC1. The monoisotopic (exact) mass is 288 g/mol.